The van der Waals surface area contributed by atoms with E-state index in [0.29, 0.717) is 27.7 Å². The molecule has 1 heterocycles. The summed E-state index contributed by atoms with van der Waals surface area (Å²) in [6.45, 7) is 3.93. The molecule has 1 aliphatic rings. The first-order valence-corrected chi connectivity index (χ1v) is 11.3. The molecule has 0 unspecified atom stereocenters. The van der Waals surface area contributed by atoms with Crippen LogP contribution in [0.25, 0.3) is 10.8 Å². The number of carbonyl (C=O) groups is 2. The van der Waals surface area contributed by atoms with E-state index >= 15 is 0 Å². The van der Waals surface area contributed by atoms with Gasteiger partial charge in [-0.2, -0.15) is 0 Å². The molecule has 0 bridgehead atoms. The van der Waals surface area contributed by atoms with Crippen LogP contribution in [-0.2, 0) is 0 Å². The van der Waals surface area contributed by atoms with Crippen LogP contribution in [0.4, 0.5) is 22.7 Å². The van der Waals surface area contributed by atoms with Crippen molar-refractivity contribution >= 4 is 61.3 Å². The first-order valence-electron chi connectivity index (χ1n) is 10.5. The number of nitrogens with one attached hydrogen (secondary N) is 1. The van der Waals surface area contributed by atoms with Crippen molar-refractivity contribution < 1.29 is 14.5 Å². The van der Waals surface area contributed by atoms with E-state index < -0.39 is 16.7 Å². The van der Waals surface area contributed by atoms with Crippen molar-refractivity contribution in [3.05, 3.63) is 104 Å². The van der Waals surface area contributed by atoms with Gasteiger partial charge in [-0.1, -0.05) is 30.3 Å². The zero-order valence-electron chi connectivity index (χ0n) is 18.3. The Morgan fingerprint density at radius 2 is 1.56 bits per heavy atom. The van der Waals surface area contributed by atoms with Gasteiger partial charge in [0.1, 0.15) is 5.69 Å². The molecular formula is C26H18BrN3O4. The van der Waals surface area contributed by atoms with E-state index in [1.165, 1.54) is 6.07 Å². The van der Waals surface area contributed by atoms with E-state index in [0.717, 1.165) is 20.5 Å². The summed E-state index contributed by atoms with van der Waals surface area (Å²) >= 11 is 3.52. The Morgan fingerprint density at radius 3 is 2.26 bits per heavy atom. The van der Waals surface area contributed by atoms with Crippen molar-refractivity contribution in [2.45, 2.75) is 13.8 Å². The number of aryl methyl sites for hydroxylation is 2. The standard InChI is InChI=1S/C26H18BrN3O4/c1-14-11-20(27)21(12-15(14)2)28-24-17-9-6-10-18-23(17)19(13-22(24)30(33)34)26(32)29(25(18)31)16-7-4-3-5-8-16/h3-13,28H,1-2H3. The van der Waals surface area contributed by atoms with Crippen molar-refractivity contribution in [2.24, 2.45) is 0 Å². The van der Waals surface area contributed by atoms with Gasteiger partial charge in [0.15, 0.2) is 0 Å². The lowest BCUT2D eigenvalue weighted by Gasteiger charge is -2.28. The van der Waals surface area contributed by atoms with Crippen LogP contribution < -0.4 is 10.2 Å². The zero-order valence-corrected chi connectivity index (χ0v) is 19.8. The highest BCUT2D eigenvalue weighted by molar-refractivity contribution is 9.10. The number of amides is 2. The third-order valence-electron chi connectivity index (χ3n) is 6.06. The maximum absolute atomic E-state index is 13.4. The number of nitrogens with zero attached hydrogens (tertiary/aromatic N) is 2. The molecule has 0 saturated heterocycles. The van der Waals surface area contributed by atoms with Gasteiger partial charge < -0.3 is 5.32 Å². The normalized spacial score (nSPS) is 12.9. The summed E-state index contributed by atoms with van der Waals surface area (Å²) in [5, 5.41) is 16.1. The van der Waals surface area contributed by atoms with Gasteiger partial charge in [0, 0.05) is 26.9 Å². The fraction of sp³-hybridized carbons (Fsp3) is 0.0769. The minimum absolute atomic E-state index is 0.116. The van der Waals surface area contributed by atoms with Gasteiger partial charge >= 0.3 is 0 Å². The lowest BCUT2D eigenvalue weighted by molar-refractivity contribution is -0.383. The molecule has 0 saturated carbocycles. The van der Waals surface area contributed by atoms with E-state index in [4.69, 9.17) is 0 Å². The van der Waals surface area contributed by atoms with Gasteiger partial charge in [-0.3, -0.25) is 19.7 Å². The lowest BCUT2D eigenvalue weighted by atomic mass is 9.91. The van der Waals surface area contributed by atoms with Gasteiger partial charge in [0.25, 0.3) is 17.5 Å². The molecular weight excluding hydrogens is 498 g/mol. The van der Waals surface area contributed by atoms with Gasteiger partial charge in [0.2, 0.25) is 0 Å². The fourth-order valence-electron chi connectivity index (χ4n) is 4.25. The molecule has 4 aromatic rings. The number of imide groups is 1. The third kappa shape index (κ3) is 3.34. The van der Waals surface area contributed by atoms with E-state index in [2.05, 4.69) is 21.2 Å². The molecule has 7 nitrogen and oxygen atoms in total. The Kier molecular flexibility index (Phi) is 5.17. The number of hydrogen-bond donors (Lipinski definition) is 1. The maximum atomic E-state index is 13.4. The monoisotopic (exact) mass is 515 g/mol. The summed E-state index contributed by atoms with van der Waals surface area (Å²) in [7, 11) is 0. The van der Waals surface area contributed by atoms with E-state index in [-0.39, 0.29) is 16.9 Å². The molecule has 8 heteroatoms. The van der Waals surface area contributed by atoms with E-state index in [1.54, 1.807) is 48.5 Å². The Morgan fingerprint density at radius 1 is 0.882 bits per heavy atom. The van der Waals surface area contributed by atoms with Gasteiger partial charge in [-0.15, -0.1) is 0 Å². The summed E-state index contributed by atoms with van der Waals surface area (Å²) < 4.78 is 0.743. The second-order valence-electron chi connectivity index (χ2n) is 8.13. The maximum Gasteiger partial charge on any atom is 0.294 e. The molecule has 0 fully saturated rings. The number of para-hydroxylation sites is 1. The van der Waals surface area contributed by atoms with Crippen LogP contribution in [0.1, 0.15) is 31.8 Å². The van der Waals surface area contributed by atoms with Crippen molar-refractivity contribution in [1.29, 1.82) is 0 Å². The third-order valence-corrected chi connectivity index (χ3v) is 6.72. The summed E-state index contributed by atoms with van der Waals surface area (Å²) in [5.41, 5.74) is 3.54. The molecule has 0 radical (unpaired) electrons. The SMILES string of the molecule is Cc1cc(Br)c(Nc2c([N+](=O)[O-])cc3c4c(cccc24)C(=O)N(c2ccccc2)C3=O)cc1C. The molecule has 0 aliphatic carbocycles. The number of nitro benzene ring substituents is 1. The summed E-state index contributed by atoms with van der Waals surface area (Å²) in [6.07, 6.45) is 0. The summed E-state index contributed by atoms with van der Waals surface area (Å²) in [5.74, 6) is -1.07. The molecule has 0 spiro atoms. The predicted molar refractivity (Wildman–Crippen MR) is 135 cm³/mol. The Balaban J connectivity index is 1.77. The highest BCUT2D eigenvalue weighted by atomic mass is 79.9. The van der Waals surface area contributed by atoms with E-state index in [1.807, 2.05) is 26.0 Å². The number of benzene rings is 4. The molecule has 2 amide bonds. The van der Waals surface area contributed by atoms with Gasteiger partial charge in [-0.05, 0) is 71.2 Å². The molecule has 4 aromatic carbocycles. The number of hydrogen-bond acceptors (Lipinski definition) is 5. The minimum Gasteiger partial charge on any atom is -0.348 e. The summed E-state index contributed by atoms with van der Waals surface area (Å²) in [6, 6.07) is 18.6. The molecule has 0 atom stereocenters. The van der Waals surface area contributed by atoms with Crippen LogP contribution in [0, 0.1) is 24.0 Å². The second-order valence-corrected chi connectivity index (χ2v) is 8.98. The second kappa shape index (κ2) is 8.07. The molecule has 5 rings (SSSR count). The van der Waals surface area contributed by atoms with Crippen molar-refractivity contribution in [2.75, 3.05) is 10.2 Å². The first kappa shape index (κ1) is 21.8. The fourth-order valence-corrected chi connectivity index (χ4v) is 4.81. The quantitative estimate of drug-likeness (QED) is 0.186. The summed E-state index contributed by atoms with van der Waals surface area (Å²) in [4.78, 5) is 39.5. The highest BCUT2D eigenvalue weighted by Crippen LogP contribution is 2.43. The number of halogens is 1. The highest BCUT2D eigenvalue weighted by Gasteiger charge is 2.37. The van der Waals surface area contributed by atoms with Gasteiger partial charge in [0.05, 0.1) is 21.9 Å². The van der Waals surface area contributed by atoms with Crippen LogP contribution in [0.3, 0.4) is 0 Å². The molecule has 1 N–H and O–H groups in total. The number of rotatable bonds is 4. The van der Waals surface area contributed by atoms with Crippen LogP contribution in [0.5, 0.6) is 0 Å². The number of anilines is 3. The number of nitro groups is 1. The van der Waals surface area contributed by atoms with Gasteiger partial charge in [-0.25, -0.2) is 4.90 Å². The Hall–Kier alpha value is -4.04. The average Bonchev–Trinajstić information content (AvgIpc) is 2.82. The Labute approximate surface area is 203 Å². The van der Waals surface area contributed by atoms with Crippen molar-refractivity contribution in [1.82, 2.24) is 0 Å². The van der Waals surface area contributed by atoms with Crippen molar-refractivity contribution in [3.63, 3.8) is 0 Å². The van der Waals surface area contributed by atoms with Crippen LogP contribution in [0.2, 0.25) is 0 Å². The average molecular weight is 516 g/mol. The van der Waals surface area contributed by atoms with E-state index in [9.17, 15) is 19.7 Å². The minimum atomic E-state index is -0.595. The predicted octanol–water partition coefficient (Wildman–Crippen LogP) is 6.67. The number of carbonyl (C=O) groups excluding carboxylic acids is 2. The molecule has 0 aromatic heterocycles. The molecule has 34 heavy (non-hydrogen) atoms. The molecule has 1 aliphatic heterocycles. The smallest absolute Gasteiger partial charge is 0.294 e. The van der Waals surface area contributed by atoms with Crippen LogP contribution in [0.15, 0.2) is 71.2 Å². The topological polar surface area (TPSA) is 92.6 Å². The zero-order chi connectivity index (χ0) is 24.1. The first-order chi connectivity index (χ1) is 16.3. The lowest BCUT2D eigenvalue weighted by Crippen LogP contribution is -2.40. The molecule has 168 valence electrons. The largest absolute Gasteiger partial charge is 0.348 e. The van der Waals surface area contributed by atoms with Crippen LogP contribution >= 0.6 is 15.9 Å². The van der Waals surface area contributed by atoms with Crippen LogP contribution in [-0.4, -0.2) is 16.7 Å². The Bertz CT molecular complexity index is 1530. The van der Waals surface area contributed by atoms with Crippen molar-refractivity contribution in [3.8, 4) is 0 Å².